The summed E-state index contributed by atoms with van der Waals surface area (Å²) in [6.07, 6.45) is 5.09. The van der Waals surface area contributed by atoms with E-state index in [1.165, 1.54) is 12.8 Å². The number of hydrogen-bond donors (Lipinski definition) is 2. The van der Waals surface area contributed by atoms with E-state index < -0.39 is 10.0 Å². The van der Waals surface area contributed by atoms with E-state index in [2.05, 4.69) is 23.9 Å². The molecule has 1 fully saturated rings. The Hall–Kier alpha value is -0.850. The Labute approximate surface area is 128 Å². The fraction of sp³-hybridized carbons (Fsp3) is 0.733. The van der Waals surface area contributed by atoms with Gasteiger partial charge >= 0.3 is 0 Å². The van der Waals surface area contributed by atoms with Crippen LogP contribution < -0.4 is 10.0 Å². The average molecular weight is 313 g/mol. The third kappa shape index (κ3) is 4.31. The van der Waals surface area contributed by atoms with Crippen molar-refractivity contribution in [3.05, 3.63) is 18.0 Å². The molecule has 1 aromatic heterocycles. The highest BCUT2D eigenvalue weighted by Gasteiger charge is 2.24. The molecule has 1 saturated carbocycles. The molecule has 2 N–H and O–H groups in total. The van der Waals surface area contributed by atoms with Crippen LogP contribution >= 0.6 is 0 Å². The number of aromatic nitrogens is 1. The smallest absolute Gasteiger partial charge is 0.242 e. The van der Waals surface area contributed by atoms with Crippen molar-refractivity contribution in [1.29, 1.82) is 0 Å². The molecule has 0 aliphatic heterocycles. The van der Waals surface area contributed by atoms with Gasteiger partial charge in [-0.25, -0.2) is 13.1 Å². The second kappa shape index (κ2) is 6.50. The van der Waals surface area contributed by atoms with Crippen LogP contribution in [0, 0.1) is 5.92 Å². The lowest BCUT2D eigenvalue weighted by atomic mass is 10.0. The zero-order valence-electron chi connectivity index (χ0n) is 13.4. The highest BCUT2D eigenvalue weighted by molar-refractivity contribution is 7.89. The number of hydrogen-bond acceptors (Lipinski definition) is 3. The van der Waals surface area contributed by atoms with Crippen LogP contribution in [0.15, 0.2) is 17.2 Å². The van der Waals surface area contributed by atoms with Crippen LogP contribution in [0.4, 0.5) is 0 Å². The SMILES string of the molecule is CCC(C)C(C)NS(=O)(=O)c1cc(CNC2CC2)n(C)c1. The third-order valence-electron chi connectivity index (χ3n) is 4.38. The second-order valence-electron chi connectivity index (χ2n) is 6.23. The van der Waals surface area contributed by atoms with Gasteiger partial charge in [0.05, 0.1) is 4.90 Å². The molecule has 1 aromatic rings. The van der Waals surface area contributed by atoms with E-state index in [0.29, 0.717) is 16.9 Å². The van der Waals surface area contributed by atoms with Gasteiger partial charge in [-0.3, -0.25) is 0 Å². The Balaban J connectivity index is 2.06. The van der Waals surface area contributed by atoms with E-state index in [1.807, 2.05) is 18.5 Å². The third-order valence-corrected chi connectivity index (χ3v) is 5.91. The summed E-state index contributed by atoms with van der Waals surface area (Å²) in [6, 6.07) is 2.32. The van der Waals surface area contributed by atoms with Gasteiger partial charge in [-0.15, -0.1) is 0 Å². The van der Waals surface area contributed by atoms with Crippen molar-refractivity contribution in [2.24, 2.45) is 13.0 Å². The highest BCUT2D eigenvalue weighted by Crippen LogP contribution is 2.20. The maximum atomic E-state index is 12.4. The minimum atomic E-state index is -3.44. The summed E-state index contributed by atoms with van der Waals surface area (Å²) in [5.41, 5.74) is 0.999. The van der Waals surface area contributed by atoms with Gasteiger partial charge < -0.3 is 9.88 Å². The molecule has 2 unspecified atom stereocenters. The van der Waals surface area contributed by atoms with Crippen molar-refractivity contribution >= 4 is 10.0 Å². The molecule has 5 nitrogen and oxygen atoms in total. The van der Waals surface area contributed by atoms with E-state index in [9.17, 15) is 8.42 Å². The van der Waals surface area contributed by atoms with Gasteiger partial charge in [0.15, 0.2) is 0 Å². The summed E-state index contributed by atoms with van der Waals surface area (Å²) in [5.74, 6) is 0.319. The van der Waals surface area contributed by atoms with Gasteiger partial charge in [0.25, 0.3) is 0 Å². The molecule has 120 valence electrons. The Bertz CT molecular complexity index is 576. The van der Waals surface area contributed by atoms with Crippen molar-refractivity contribution < 1.29 is 8.42 Å². The first-order valence-corrected chi connectivity index (χ1v) is 9.22. The molecule has 1 aliphatic rings. The Kier molecular flexibility index (Phi) is 5.11. The van der Waals surface area contributed by atoms with Crippen LogP contribution in [-0.2, 0) is 23.6 Å². The average Bonchev–Trinajstić information content (AvgIpc) is 3.17. The van der Waals surface area contributed by atoms with Gasteiger partial charge in [0, 0.05) is 37.6 Å². The number of sulfonamides is 1. The zero-order chi connectivity index (χ0) is 15.6. The largest absolute Gasteiger partial charge is 0.352 e. The summed E-state index contributed by atoms with van der Waals surface area (Å²) in [6.45, 7) is 6.77. The summed E-state index contributed by atoms with van der Waals surface area (Å²) in [4.78, 5) is 0.354. The fourth-order valence-electron chi connectivity index (χ4n) is 2.22. The van der Waals surface area contributed by atoms with Crippen molar-refractivity contribution in [2.45, 2.75) is 63.6 Å². The first-order chi connectivity index (χ1) is 9.83. The number of aryl methyl sites for hydroxylation is 1. The minimum Gasteiger partial charge on any atom is -0.352 e. The standard InChI is InChI=1S/C15H27N3O2S/c1-5-11(2)12(3)17-21(19,20)15-8-14(18(4)10-15)9-16-13-6-7-13/h8,10-13,16-17H,5-7,9H2,1-4H3. The predicted octanol–water partition coefficient (Wildman–Crippen LogP) is 1.99. The second-order valence-corrected chi connectivity index (χ2v) is 7.94. The summed E-state index contributed by atoms with van der Waals surface area (Å²) >= 11 is 0. The lowest BCUT2D eigenvalue weighted by Gasteiger charge is -2.19. The molecule has 0 radical (unpaired) electrons. The van der Waals surface area contributed by atoms with Gasteiger partial charge in [0.2, 0.25) is 10.0 Å². The van der Waals surface area contributed by atoms with Crippen LogP contribution in [0.1, 0.15) is 45.7 Å². The molecule has 2 atom stereocenters. The Morgan fingerprint density at radius 2 is 2.05 bits per heavy atom. The van der Waals surface area contributed by atoms with Gasteiger partial charge in [-0.2, -0.15) is 0 Å². The van der Waals surface area contributed by atoms with Crippen molar-refractivity contribution in [3.63, 3.8) is 0 Å². The van der Waals surface area contributed by atoms with Crippen molar-refractivity contribution in [1.82, 2.24) is 14.6 Å². The maximum Gasteiger partial charge on any atom is 0.242 e. The van der Waals surface area contributed by atoms with E-state index in [1.54, 1.807) is 12.3 Å². The van der Waals surface area contributed by atoms with Crippen molar-refractivity contribution in [3.8, 4) is 0 Å². The molecule has 2 rings (SSSR count). The first-order valence-electron chi connectivity index (χ1n) is 7.74. The quantitative estimate of drug-likeness (QED) is 0.771. The van der Waals surface area contributed by atoms with Crippen LogP contribution in [0.2, 0.25) is 0 Å². The van der Waals surface area contributed by atoms with Gasteiger partial charge in [-0.05, 0) is 31.7 Å². The topological polar surface area (TPSA) is 63.1 Å². The van der Waals surface area contributed by atoms with Gasteiger partial charge in [0.1, 0.15) is 0 Å². The molecule has 1 aliphatic carbocycles. The Morgan fingerprint density at radius 3 is 2.62 bits per heavy atom. The van der Waals surface area contributed by atoms with E-state index in [0.717, 1.165) is 18.7 Å². The highest BCUT2D eigenvalue weighted by atomic mass is 32.2. The molecule has 1 heterocycles. The molecule has 6 heteroatoms. The molecule has 0 bridgehead atoms. The number of nitrogens with zero attached hydrogens (tertiary/aromatic N) is 1. The Morgan fingerprint density at radius 1 is 1.38 bits per heavy atom. The minimum absolute atomic E-state index is 0.0618. The molecular weight excluding hydrogens is 286 g/mol. The summed E-state index contributed by atoms with van der Waals surface area (Å²) in [5, 5.41) is 3.41. The van der Waals surface area contributed by atoms with Gasteiger partial charge in [-0.1, -0.05) is 20.3 Å². The summed E-state index contributed by atoms with van der Waals surface area (Å²) in [7, 11) is -1.55. The monoisotopic (exact) mass is 313 g/mol. The zero-order valence-corrected chi connectivity index (χ0v) is 14.2. The molecule has 21 heavy (non-hydrogen) atoms. The van der Waals surface area contributed by atoms with Crippen LogP contribution in [0.25, 0.3) is 0 Å². The lowest BCUT2D eigenvalue weighted by molar-refractivity contribution is 0.434. The number of nitrogens with one attached hydrogen (secondary N) is 2. The maximum absolute atomic E-state index is 12.4. The first kappa shape index (κ1) is 16.5. The van der Waals surface area contributed by atoms with E-state index >= 15 is 0 Å². The molecular formula is C15H27N3O2S. The molecule has 0 aromatic carbocycles. The molecule has 0 saturated heterocycles. The van der Waals surface area contributed by atoms with E-state index in [4.69, 9.17) is 0 Å². The fourth-order valence-corrected chi connectivity index (χ4v) is 3.66. The normalized spacial score (nSPS) is 18.7. The molecule has 0 spiro atoms. The van der Waals surface area contributed by atoms with Crippen LogP contribution in [0.5, 0.6) is 0 Å². The lowest BCUT2D eigenvalue weighted by Crippen LogP contribution is -2.36. The predicted molar refractivity (Wildman–Crippen MR) is 84.5 cm³/mol. The van der Waals surface area contributed by atoms with Crippen molar-refractivity contribution in [2.75, 3.05) is 0 Å². The molecule has 0 amide bonds. The van der Waals surface area contributed by atoms with E-state index in [-0.39, 0.29) is 6.04 Å². The number of rotatable bonds is 8. The van der Waals surface area contributed by atoms with Crippen LogP contribution in [0.3, 0.4) is 0 Å². The van der Waals surface area contributed by atoms with Crippen LogP contribution in [-0.4, -0.2) is 25.1 Å². The summed E-state index contributed by atoms with van der Waals surface area (Å²) < 4.78 is 29.5.